The van der Waals surface area contributed by atoms with Gasteiger partial charge in [-0.3, -0.25) is 10.9 Å². The van der Waals surface area contributed by atoms with Crippen LogP contribution in [0.5, 0.6) is 0 Å². The zero-order valence-electron chi connectivity index (χ0n) is 6.65. The fourth-order valence-electron chi connectivity index (χ4n) is 0.352. The number of carbonyl (C=O) groups is 1. The number of nitrogens with two attached hydrogens (primary N) is 2. The summed E-state index contributed by atoms with van der Waals surface area (Å²) in [5, 5.41) is 0. The van der Waals surface area contributed by atoms with Crippen molar-refractivity contribution in [1.82, 2.24) is 20.8 Å². The molecule has 0 spiro atoms. The molecule has 0 radical (unpaired) electrons. The molecule has 2 amide bonds. The highest BCUT2D eigenvalue weighted by Crippen LogP contribution is 1.61. The molecule has 8 heteroatoms. The lowest BCUT2D eigenvalue weighted by molar-refractivity contribution is 0.241. The molecule has 1 rings (SSSR count). The summed E-state index contributed by atoms with van der Waals surface area (Å²) in [4.78, 5) is 25.5. The first kappa shape index (κ1) is 11.1. The molecule has 7 N–H and O–H groups in total. The molecule has 0 bridgehead atoms. The van der Waals surface area contributed by atoms with Crippen molar-refractivity contribution < 1.29 is 4.79 Å². The zero-order chi connectivity index (χ0) is 10.1. The summed E-state index contributed by atoms with van der Waals surface area (Å²) in [6, 6.07) is 1.05. The van der Waals surface area contributed by atoms with E-state index in [0.717, 1.165) is 0 Å². The number of urea groups is 1. The summed E-state index contributed by atoms with van der Waals surface area (Å²) in [7, 11) is 0. The van der Waals surface area contributed by atoms with Crippen LogP contribution in [0.15, 0.2) is 23.3 Å². The average Bonchev–Trinajstić information content (AvgIpc) is 2.19. The highest BCUT2D eigenvalue weighted by Gasteiger charge is 1.83. The number of amides is 2. The molecular formula is C5H10N6O2. The second-order valence-electron chi connectivity index (χ2n) is 1.70. The lowest BCUT2D eigenvalue weighted by Crippen LogP contribution is -2.43. The monoisotopic (exact) mass is 186 g/mol. The first-order chi connectivity index (χ1) is 6.20. The highest BCUT2D eigenvalue weighted by molar-refractivity contribution is 5.72. The molecule has 0 aromatic carbocycles. The van der Waals surface area contributed by atoms with Gasteiger partial charge in [-0.05, 0) is 6.07 Å². The number of hydrazine groups is 2. The van der Waals surface area contributed by atoms with Gasteiger partial charge in [0.2, 0.25) is 0 Å². The Hall–Kier alpha value is -1.93. The van der Waals surface area contributed by atoms with E-state index in [-0.39, 0.29) is 5.69 Å². The summed E-state index contributed by atoms with van der Waals surface area (Å²) in [6.45, 7) is 0. The van der Waals surface area contributed by atoms with Crippen LogP contribution in [0, 0.1) is 0 Å². The van der Waals surface area contributed by atoms with Gasteiger partial charge in [-0.15, -0.1) is 0 Å². The summed E-state index contributed by atoms with van der Waals surface area (Å²) < 4.78 is 0. The number of H-pyrrole nitrogens is 1. The Morgan fingerprint density at radius 2 is 2.08 bits per heavy atom. The Morgan fingerprint density at radius 3 is 2.23 bits per heavy atom. The molecule has 0 aliphatic rings. The van der Waals surface area contributed by atoms with Crippen LogP contribution in [-0.4, -0.2) is 16.0 Å². The number of nitrogens with zero attached hydrogens (tertiary/aromatic N) is 1. The molecule has 72 valence electrons. The predicted octanol–water partition coefficient (Wildman–Crippen LogP) is -2.20. The van der Waals surface area contributed by atoms with Crippen LogP contribution in [0.2, 0.25) is 0 Å². The second kappa shape index (κ2) is 6.76. The molecule has 13 heavy (non-hydrogen) atoms. The maximum atomic E-state index is 10.1. The minimum absolute atomic E-state index is 0.303. The molecule has 0 saturated heterocycles. The number of hydrogen-bond donors (Lipinski definition) is 5. The van der Waals surface area contributed by atoms with Crippen LogP contribution < -0.4 is 28.2 Å². The molecule has 1 heterocycles. The van der Waals surface area contributed by atoms with Gasteiger partial charge in [0.05, 0.1) is 0 Å². The van der Waals surface area contributed by atoms with Gasteiger partial charge >= 0.3 is 11.7 Å². The SMILES string of the molecule is NNC(=O)NN.O=c1nccc[nH]1. The average molecular weight is 186 g/mol. The fourth-order valence-corrected chi connectivity index (χ4v) is 0.352. The van der Waals surface area contributed by atoms with Gasteiger partial charge in [-0.2, -0.15) is 0 Å². The third kappa shape index (κ3) is 6.47. The summed E-state index contributed by atoms with van der Waals surface area (Å²) in [6.07, 6.45) is 2.98. The number of hydrogen-bond acceptors (Lipinski definition) is 5. The first-order valence-corrected chi connectivity index (χ1v) is 3.17. The number of aromatic nitrogens is 2. The van der Waals surface area contributed by atoms with Crippen LogP contribution in [0.1, 0.15) is 0 Å². The smallest absolute Gasteiger partial charge is 0.313 e. The molecule has 0 unspecified atom stereocenters. The van der Waals surface area contributed by atoms with Crippen molar-refractivity contribution >= 4 is 6.03 Å². The zero-order valence-corrected chi connectivity index (χ0v) is 6.65. The predicted molar refractivity (Wildman–Crippen MR) is 44.9 cm³/mol. The van der Waals surface area contributed by atoms with Gasteiger partial charge in [-0.25, -0.2) is 26.3 Å². The van der Waals surface area contributed by atoms with E-state index in [4.69, 9.17) is 0 Å². The Bertz CT molecular complexity index is 274. The third-order valence-corrected chi connectivity index (χ3v) is 0.843. The van der Waals surface area contributed by atoms with Crippen molar-refractivity contribution in [3.05, 3.63) is 28.9 Å². The number of nitrogens with one attached hydrogen (secondary N) is 3. The summed E-state index contributed by atoms with van der Waals surface area (Å²) >= 11 is 0. The molecule has 0 atom stereocenters. The number of rotatable bonds is 0. The van der Waals surface area contributed by atoms with E-state index < -0.39 is 6.03 Å². The van der Waals surface area contributed by atoms with Crippen molar-refractivity contribution in [3.8, 4) is 0 Å². The number of carbonyl (C=O) groups excluding carboxylic acids is 1. The Labute approximate surface area is 73.3 Å². The summed E-state index contributed by atoms with van der Waals surface area (Å²) in [5.74, 6) is 9.08. The van der Waals surface area contributed by atoms with E-state index in [1.54, 1.807) is 16.9 Å². The van der Waals surface area contributed by atoms with Crippen LogP contribution in [0.25, 0.3) is 0 Å². The molecule has 8 nitrogen and oxygen atoms in total. The molecule has 0 saturated carbocycles. The van der Waals surface area contributed by atoms with Gasteiger partial charge in [0, 0.05) is 12.4 Å². The van der Waals surface area contributed by atoms with Crippen LogP contribution in [0.4, 0.5) is 4.79 Å². The van der Waals surface area contributed by atoms with E-state index in [9.17, 15) is 9.59 Å². The van der Waals surface area contributed by atoms with Crippen LogP contribution in [-0.2, 0) is 0 Å². The molecular weight excluding hydrogens is 176 g/mol. The van der Waals surface area contributed by atoms with Gasteiger partial charge in [-0.1, -0.05) is 0 Å². The lowest BCUT2D eigenvalue weighted by Gasteiger charge is -1.90. The van der Waals surface area contributed by atoms with Crippen molar-refractivity contribution in [2.45, 2.75) is 0 Å². The van der Waals surface area contributed by atoms with E-state index in [1.807, 2.05) is 0 Å². The fraction of sp³-hybridized carbons (Fsp3) is 0. The maximum absolute atomic E-state index is 10.1. The minimum atomic E-state index is -0.602. The highest BCUT2D eigenvalue weighted by atomic mass is 16.2. The standard InChI is InChI=1S/C4H4N2O.CH6N4O/c7-4-5-2-1-3-6-4;2-4-1(6)5-3/h1-3H,(H,5,6,7);2-3H2,(H2,4,5,6). The van der Waals surface area contributed by atoms with Crippen molar-refractivity contribution in [1.29, 1.82) is 0 Å². The Balaban J connectivity index is 0.000000226. The number of aromatic amines is 1. The van der Waals surface area contributed by atoms with Gasteiger partial charge in [0.25, 0.3) is 0 Å². The van der Waals surface area contributed by atoms with Gasteiger partial charge < -0.3 is 4.98 Å². The van der Waals surface area contributed by atoms with E-state index >= 15 is 0 Å². The van der Waals surface area contributed by atoms with E-state index in [1.165, 1.54) is 12.4 Å². The molecule has 0 aliphatic carbocycles. The third-order valence-electron chi connectivity index (χ3n) is 0.843. The normalized spacial score (nSPS) is 7.85. The van der Waals surface area contributed by atoms with Gasteiger partial charge in [0.1, 0.15) is 0 Å². The van der Waals surface area contributed by atoms with E-state index in [0.29, 0.717) is 0 Å². The van der Waals surface area contributed by atoms with Crippen LogP contribution >= 0.6 is 0 Å². The minimum Gasteiger partial charge on any atom is -0.313 e. The summed E-state index contributed by atoms with van der Waals surface area (Å²) in [5.41, 5.74) is 3.18. The Morgan fingerprint density at radius 1 is 1.46 bits per heavy atom. The lowest BCUT2D eigenvalue weighted by atomic mass is 10.7. The molecule has 1 aromatic heterocycles. The molecule has 0 fully saturated rings. The largest absolute Gasteiger partial charge is 0.344 e. The second-order valence-corrected chi connectivity index (χ2v) is 1.70. The van der Waals surface area contributed by atoms with Crippen molar-refractivity contribution in [2.24, 2.45) is 11.7 Å². The van der Waals surface area contributed by atoms with Crippen LogP contribution in [0.3, 0.4) is 0 Å². The van der Waals surface area contributed by atoms with Crippen molar-refractivity contribution in [3.63, 3.8) is 0 Å². The van der Waals surface area contributed by atoms with Gasteiger partial charge in [0.15, 0.2) is 0 Å². The van der Waals surface area contributed by atoms with E-state index in [2.05, 4.69) is 21.7 Å². The first-order valence-electron chi connectivity index (χ1n) is 3.17. The maximum Gasteiger partial charge on any atom is 0.344 e. The Kier molecular flexibility index (Phi) is 5.76. The quantitative estimate of drug-likeness (QED) is 0.178. The molecule has 0 aliphatic heterocycles. The van der Waals surface area contributed by atoms with Crippen molar-refractivity contribution in [2.75, 3.05) is 0 Å². The molecule has 1 aromatic rings. The topological polar surface area (TPSA) is 139 Å².